The van der Waals surface area contributed by atoms with Crippen LogP contribution in [0.5, 0.6) is 0 Å². The first kappa shape index (κ1) is 15.5. The summed E-state index contributed by atoms with van der Waals surface area (Å²) in [4.78, 5) is 11.5. The Morgan fingerprint density at radius 1 is 1.21 bits per heavy atom. The van der Waals surface area contributed by atoms with Gasteiger partial charge in [0.2, 0.25) is 5.91 Å². The zero-order valence-electron chi connectivity index (χ0n) is 10.8. The second-order valence-corrected chi connectivity index (χ2v) is 4.65. The standard InChI is InChI=1S/C13H17F3N2O/c1-9(2)7-17-8-12(19)18-11-5-3-10(4-6-11)13(14,15)16/h3-6,9,17H,7-8H2,1-2H3,(H,18,19). The molecule has 0 radical (unpaired) electrons. The number of anilines is 1. The van der Waals surface area contributed by atoms with Gasteiger partial charge in [-0.25, -0.2) is 0 Å². The molecule has 1 rings (SSSR count). The number of alkyl halides is 3. The molecule has 0 saturated carbocycles. The lowest BCUT2D eigenvalue weighted by molar-refractivity contribution is -0.137. The van der Waals surface area contributed by atoms with E-state index in [1.165, 1.54) is 12.1 Å². The topological polar surface area (TPSA) is 41.1 Å². The van der Waals surface area contributed by atoms with Crippen molar-refractivity contribution in [3.8, 4) is 0 Å². The van der Waals surface area contributed by atoms with Gasteiger partial charge in [0.1, 0.15) is 0 Å². The van der Waals surface area contributed by atoms with Crippen molar-refractivity contribution >= 4 is 11.6 Å². The summed E-state index contributed by atoms with van der Waals surface area (Å²) in [5, 5.41) is 5.47. The molecule has 1 aromatic carbocycles. The molecular weight excluding hydrogens is 257 g/mol. The van der Waals surface area contributed by atoms with Crippen molar-refractivity contribution in [1.82, 2.24) is 5.32 Å². The van der Waals surface area contributed by atoms with Crippen LogP contribution >= 0.6 is 0 Å². The van der Waals surface area contributed by atoms with Gasteiger partial charge in [-0.05, 0) is 36.7 Å². The molecular formula is C13H17F3N2O. The van der Waals surface area contributed by atoms with Gasteiger partial charge in [0.05, 0.1) is 12.1 Å². The van der Waals surface area contributed by atoms with Gasteiger partial charge < -0.3 is 10.6 Å². The Bertz CT molecular complexity index is 413. The molecule has 1 aromatic rings. The van der Waals surface area contributed by atoms with E-state index in [-0.39, 0.29) is 12.5 Å². The van der Waals surface area contributed by atoms with Crippen molar-refractivity contribution < 1.29 is 18.0 Å². The van der Waals surface area contributed by atoms with Gasteiger partial charge in [0.25, 0.3) is 0 Å². The highest BCUT2D eigenvalue weighted by atomic mass is 19.4. The molecule has 1 amide bonds. The van der Waals surface area contributed by atoms with Gasteiger partial charge in [0, 0.05) is 5.69 Å². The molecule has 0 fully saturated rings. The van der Waals surface area contributed by atoms with Crippen LogP contribution in [0.2, 0.25) is 0 Å². The normalized spacial score (nSPS) is 11.7. The first-order chi connectivity index (χ1) is 8.79. The average molecular weight is 274 g/mol. The third-order valence-electron chi connectivity index (χ3n) is 2.33. The number of carbonyl (C=O) groups excluding carboxylic acids is 1. The molecule has 0 atom stereocenters. The lowest BCUT2D eigenvalue weighted by Crippen LogP contribution is -2.30. The molecule has 0 bridgehead atoms. The van der Waals surface area contributed by atoms with Crippen molar-refractivity contribution in [3.05, 3.63) is 29.8 Å². The van der Waals surface area contributed by atoms with Crippen LogP contribution in [-0.2, 0) is 11.0 Å². The molecule has 0 aliphatic heterocycles. The van der Waals surface area contributed by atoms with E-state index in [2.05, 4.69) is 10.6 Å². The highest BCUT2D eigenvalue weighted by Crippen LogP contribution is 2.29. The number of halogens is 3. The zero-order valence-corrected chi connectivity index (χ0v) is 10.8. The fraction of sp³-hybridized carbons (Fsp3) is 0.462. The van der Waals surface area contributed by atoms with E-state index in [4.69, 9.17) is 0 Å². The fourth-order valence-electron chi connectivity index (χ4n) is 1.42. The second-order valence-electron chi connectivity index (χ2n) is 4.65. The van der Waals surface area contributed by atoms with Crippen LogP contribution in [0.15, 0.2) is 24.3 Å². The monoisotopic (exact) mass is 274 g/mol. The fourth-order valence-corrected chi connectivity index (χ4v) is 1.42. The number of carbonyl (C=O) groups is 1. The Balaban J connectivity index is 2.47. The second kappa shape index (κ2) is 6.56. The van der Waals surface area contributed by atoms with E-state index in [1.807, 2.05) is 13.8 Å². The zero-order chi connectivity index (χ0) is 14.5. The number of hydrogen-bond donors (Lipinski definition) is 2. The summed E-state index contributed by atoms with van der Waals surface area (Å²) in [5.41, 5.74) is -0.382. The minimum Gasteiger partial charge on any atom is -0.325 e. The molecule has 0 aliphatic carbocycles. The van der Waals surface area contributed by atoms with Crippen LogP contribution in [0.4, 0.5) is 18.9 Å². The van der Waals surface area contributed by atoms with Gasteiger partial charge in [-0.3, -0.25) is 4.79 Å². The lowest BCUT2D eigenvalue weighted by Gasteiger charge is -2.10. The largest absolute Gasteiger partial charge is 0.416 e. The predicted molar refractivity (Wildman–Crippen MR) is 67.8 cm³/mol. The summed E-state index contributed by atoms with van der Waals surface area (Å²) in [5.74, 6) is 0.152. The first-order valence-electron chi connectivity index (χ1n) is 5.97. The molecule has 19 heavy (non-hydrogen) atoms. The molecule has 3 nitrogen and oxygen atoms in total. The van der Waals surface area contributed by atoms with Crippen molar-refractivity contribution in [2.75, 3.05) is 18.4 Å². The Hall–Kier alpha value is -1.56. The summed E-state index contributed by atoms with van der Waals surface area (Å²) in [6.07, 6.45) is -4.36. The van der Waals surface area contributed by atoms with Crippen LogP contribution in [0.3, 0.4) is 0 Å². The van der Waals surface area contributed by atoms with Crippen LogP contribution in [0.1, 0.15) is 19.4 Å². The molecule has 0 unspecified atom stereocenters. The molecule has 0 aliphatic rings. The van der Waals surface area contributed by atoms with Crippen LogP contribution in [-0.4, -0.2) is 19.0 Å². The quantitative estimate of drug-likeness (QED) is 0.866. The maximum atomic E-state index is 12.3. The SMILES string of the molecule is CC(C)CNCC(=O)Nc1ccc(C(F)(F)F)cc1. The van der Waals surface area contributed by atoms with E-state index in [9.17, 15) is 18.0 Å². The number of benzene rings is 1. The van der Waals surface area contributed by atoms with Crippen LogP contribution < -0.4 is 10.6 Å². The summed E-state index contributed by atoms with van der Waals surface area (Å²) in [6, 6.07) is 4.36. The van der Waals surface area contributed by atoms with E-state index in [1.54, 1.807) is 0 Å². The number of nitrogens with one attached hydrogen (secondary N) is 2. The first-order valence-corrected chi connectivity index (χ1v) is 5.97. The molecule has 106 valence electrons. The summed E-state index contributed by atoms with van der Waals surface area (Å²) in [7, 11) is 0. The summed E-state index contributed by atoms with van der Waals surface area (Å²) in [6.45, 7) is 4.88. The molecule has 6 heteroatoms. The Morgan fingerprint density at radius 2 is 1.79 bits per heavy atom. The lowest BCUT2D eigenvalue weighted by atomic mass is 10.2. The Morgan fingerprint density at radius 3 is 2.26 bits per heavy atom. The Kier molecular flexibility index (Phi) is 5.35. The van der Waals surface area contributed by atoms with E-state index < -0.39 is 11.7 Å². The molecule has 0 spiro atoms. The van der Waals surface area contributed by atoms with Crippen molar-refractivity contribution in [1.29, 1.82) is 0 Å². The smallest absolute Gasteiger partial charge is 0.325 e. The number of rotatable bonds is 5. The number of hydrogen-bond acceptors (Lipinski definition) is 2. The highest BCUT2D eigenvalue weighted by Gasteiger charge is 2.29. The van der Waals surface area contributed by atoms with Crippen molar-refractivity contribution in [3.63, 3.8) is 0 Å². The highest BCUT2D eigenvalue weighted by molar-refractivity contribution is 5.92. The maximum absolute atomic E-state index is 12.3. The summed E-state index contributed by atoms with van der Waals surface area (Å²) >= 11 is 0. The van der Waals surface area contributed by atoms with Gasteiger partial charge in [-0.15, -0.1) is 0 Å². The van der Waals surface area contributed by atoms with Gasteiger partial charge in [-0.2, -0.15) is 13.2 Å². The predicted octanol–water partition coefficient (Wildman–Crippen LogP) is 2.89. The van der Waals surface area contributed by atoms with E-state index in [0.717, 1.165) is 12.1 Å². The molecule has 0 saturated heterocycles. The van der Waals surface area contributed by atoms with Crippen molar-refractivity contribution in [2.45, 2.75) is 20.0 Å². The molecule has 0 heterocycles. The van der Waals surface area contributed by atoms with Crippen LogP contribution in [0.25, 0.3) is 0 Å². The molecule has 0 aromatic heterocycles. The summed E-state index contributed by atoms with van der Waals surface area (Å²) < 4.78 is 37.0. The van der Waals surface area contributed by atoms with Gasteiger partial charge in [-0.1, -0.05) is 13.8 Å². The molecule has 2 N–H and O–H groups in total. The maximum Gasteiger partial charge on any atom is 0.416 e. The average Bonchev–Trinajstić information content (AvgIpc) is 2.27. The van der Waals surface area contributed by atoms with E-state index >= 15 is 0 Å². The third kappa shape index (κ3) is 5.74. The van der Waals surface area contributed by atoms with Gasteiger partial charge in [0.15, 0.2) is 0 Å². The van der Waals surface area contributed by atoms with Gasteiger partial charge >= 0.3 is 6.18 Å². The number of amides is 1. The van der Waals surface area contributed by atoms with E-state index in [0.29, 0.717) is 18.2 Å². The van der Waals surface area contributed by atoms with Crippen LogP contribution in [0, 0.1) is 5.92 Å². The van der Waals surface area contributed by atoms with Crippen molar-refractivity contribution in [2.24, 2.45) is 5.92 Å². The Labute approximate surface area is 110 Å². The minimum absolute atomic E-state index is 0.138. The third-order valence-corrected chi connectivity index (χ3v) is 2.33. The minimum atomic E-state index is -4.36.